The lowest BCUT2D eigenvalue weighted by Gasteiger charge is -2.07. The smallest absolute Gasteiger partial charge is 0.116 e. The first-order chi connectivity index (χ1) is 5.15. The maximum absolute atomic E-state index is 9.17. The third-order valence-electron chi connectivity index (χ3n) is 1.88. The Morgan fingerprint density at radius 1 is 1.25 bits per heavy atom. The molecule has 0 aliphatic carbocycles. The second-order valence-electron chi connectivity index (χ2n) is 2.76. The topological polar surface area (TPSA) is 46.2 Å². The fourth-order valence-corrected chi connectivity index (χ4v) is 1.29. The number of hydrogen-bond donors (Lipinski definition) is 2. The van der Waals surface area contributed by atoms with Crippen LogP contribution in [-0.4, -0.2) is 5.11 Å². The van der Waals surface area contributed by atoms with Crippen molar-refractivity contribution in [3.05, 3.63) is 28.8 Å². The van der Waals surface area contributed by atoms with Crippen molar-refractivity contribution in [3.8, 4) is 5.75 Å². The Morgan fingerprint density at radius 2 is 1.67 bits per heavy atom. The number of aromatic hydroxyl groups is 1. The number of aryl methyl sites for hydroxylation is 2. The van der Waals surface area contributed by atoms with Gasteiger partial charge in [-0.05, 0) is 42.7 Å². The molecule has 1 aromatic carbocycles. The quantitative estimate of drug-likeness (QED) is 0.706. The van der Waals surface area contributed by atoms with Gasteiger partial charge in [-0.2, -0.15) is 0 Å². The van der Waals surface area contributed by atoms with Gasteiger partial charge >= 0.3 is 0 Å². The molecule has 0 heterocycles. The normalized spacial score (nSPS) is 9.25. The van der Waals surface area contributed by atoms with Crippen LogP contribution < -0.4 is 5.73 Å². The Balaban J connectivity index is 0.00000121. The van der Waals surface area contributed by atoms with E-state index in [1.165, 1.54) is 0 Å². The Morgan fingerprint density at radius 3 is 2.00 bits per heavy atom. The van der Waals surface area contributed by atoms with Gasteiger partial charge in [0.25, 0.3) is 0 Å². The van der Waals surface area contributed by atoms with E-state index in [0.29, 0.717) is 12.3 Å². The number of halogens is 1. The predicted molar refractivity (Wildman–Crippen MR) is 52.7 cm³/mol. The van der Waals surface area contributed by atoms with Crippen molar-refractivity contribution < 1.29 is 5.11 Å². The summed E-state index contributed by atoms with van der Waals surface area (Å²) >= 11 is 0. The molecule has 0 aromatic heterocycles. The Labute approximate surface area is 78.8 Å². The molecule has 1 aromatic rings. The van der Waals surface area contributed by atoms with E-state index < -0.39 is 0 Å². The van der Waals surface area contributed by atoms with Crippen LogP contribution in [-0.2, 0) is 6.54 Å². The molecule has 0 spiro atoms. The molecule has 0 aliphatic rings. The zero-order valence-electron chi connectivity index (χ0n) is 7.29. The monoisotopic (exact) mass is 187 g/mol. The number of phenols is 1. The van der Waals surface area contributed by atoms with E-state index in [1.807, 2.05) is 13.8 Å². The Kier molecular flexibility index (Phi) is 4.07. The lowest BCUT2D eigenvalue weighted by Crippen LogP contribution is -2.01. The molecule has 2 nitrogen and oxygen atoms in total. The predicted octanol–water partition coefficient (Wildman–Crippen LogP) is 1.89. The highest BCUT2D eigenvalue weighted by Crippen LogP contribution is 2.19. The van der Waals surface area contributed by atoms with E-state index >= 15 is 0 Å². The summed E-state index contributed by atoms with van der Waals surface area (Å²) in [6, 6.07) is 3.46. The highest BCUT2D eigenvalue weighted by Gasteiger charge is 2.01. The van der Waals surface area contributed by atoms with Gasteiger partial charge in [-0.15, -0.1) is 12.4 Å². The molecule has 0 unspecified atom stereocenters. The van der Waals surface area contributed by atoms with Gasteiger partial charge in [0, 0.05) is 6.54 Å². The summed E-state index contributed by atoms with van der Waals surface area (Å²) in [5.74, 6) is 0.317. The summed E-state index contributed by atoms with van der Waals surface area (Å²) in [4.78, 5) is 0. The molecule has 0 saturated carbocycles. The molecular formula is C9H14ClNO. The van der Waals surface area contributed by atoms with Crippen LogP contribution in [0.1, 0.15) is 16.7 Å². The summed E-state index contributed by atoms with van der Waals surface area (Å²) < 4.78 is 0. The number of phenolic OH excluding ortho intramolecular Hbond substituents is 1. The number of rotatable bonds is 1. The van der Waals surface area contributed by atoms with Crippen LogP contribution in [0.4, 0.5) is 0 Å². The third kappa shape index (κ3) is 2.13. The van der Waals surface area contributed by atoms with Gasteiger partial charge in [0.1, 0.15) is 5.75 Å². The van der Waals surface area contributed by atoms with Gasteiger partial charge in [0.2, 0.25) is 0 Å². The van der Waals surface area contributed by atoms with Gasteiger partial charge in [0.05, 0.1) is 0 Å². The molecule has 0 atom stereocenters. The maximum Gasteiger partial charge on any atom is 0.116 e. The van der Waals surface area contributed by atoms with Gasteiger partial charge in [0.15, 0.2) is 0 Å². The van der Waals surface area contributed by atoms with E-state index in [2.05, 4.69) is 0 Å². The van der Waals surface area contributed by atoms with E-state index in [1.54, 1.807) is 12.1 Å². The van der Waals surface area contributed by atoms with Crippen molar-refractivity contribution in [2.75, 3.05) is 0 Å². The zero-order chi connectivity index (χ0) is 8.43. The zero-order valence-corrected chi connectivity index (χ0v) is 8.11. The summed E-state index contributed by atoms with van der Waals surface area (Å²) in [6.45, 7) is 4.45. The van der Waals surface area contributed by atoms with Gasteiger partial charge in [-0.25, -0.2) is 0 Å². The van der Waals surface area contributed by atoms with E-state index in [0.717, 1.165) is 16.7 Å². The molecule has 0 radical (unpaired) electrons. The molecule has 3 N–H and O–H groups in total. The number of hydrogen-bond acceptors (Lipinski definition) is 2. The first-order valence-electron chi connectivity index (χ1n) is 3.64. The second kappa shape index (κ2) is 4.33. The SMILES string of the molecule is Cc1cc(O)cc(C)c1CN.Cl. The lowest BCUT2D eigenvalue weighted by atomic mass is 10.0. The molecule has 1 rings (SSSR count). The van der Waals surface area contributed by atoms with Gasteiger partial charge in [-0.1, -0.05) is 0 Å². The molecule has 68 valence electrons. The fraction of sp³-hybridized carbons (Fsp3) is 0.333. The van der Waals surface area contributed by atoms with Crippen LogP contribution in [0.3, 0.4) is 0 Å². The van der Waals surface area contributed by atoms with Crippen molar-refractivity contribution in [2.24, 2.45) is 5.73 Å². The van der Waals surface area contributed by atoms with Crippen LogP contribution in [0.2, 0.25) is 0 Å². The first kappa shape index (κ1) is 11.3. The number of benzene rings is 1. The van der Waals surface area contributed by atoms with E-state index in [4.69, 9.17) is 5.73 Å². The first-order valence-corrected chi connectivity index (χ1v) is 3.64. The molecule has 0 saturated heterocycles. The van der Waals surface area contributed by atoms with E-state index in [-0.39, 0.29) is 12.4 Å². The van der Waals surface area contributed by atoms with Crippen molar-refractivity contribution in [2.45, 2.75) is 20.4 Å². The highest BCUT2D eigenvalue weighted by molar-refractivity contribution is 5.85. The summed E-state index contributed by atoms with van der Waals surface area (Å²) in [5, 5.41) is 9.17. The molecule has 0 aliphatic heterocycles. The molecule has 0 bridgehead atoms. The number of nitrogens with two attached hydrogens (primary N) is 1. The van der Waals surface area contributed by atoms with Gasteiger partial charge < -0.3 is 10.8 Å². The van der Waals surface area contributed by atoms with Crippen molar-refractivity contribution in [3.63, 3.8) is 0 Å². The van der Waals surface area contributed by atoms with Crippen molar-refractivity contribution in [1.82, 2.24) is 0 Å². The third-order valence-corrected chi connectivity index (χ3v) is 1.88. The van der Waals surface area contributed by atoms with Crippen LogP contribution in [0.15, 0.2) is 12.1 Å². The van der Waals surface area contributed by atoms with Crippen molar-refractivity contribution in [1.29, 1.82) is 0 Å². The fourth-order valence-electron chi connectivity index (χ4n) is 1.29. The average molecular weight is 188 g/mol. The molecule has 3 heteroatoms. The summed E-state index contributed by atoms with van der Waals surface area (Å²) in [5.41, 5.74) is 8.77. The van der Waals surface area contributed by atoms with Crippen LogP contribution in [0.5, 0.6) is 5.75 Å². The largest absolute Gasteiger partial charge is 0.508 e. The van der Waals surface area contributed by atoms with E-state index in [9.17, 15) is 5.11 Å². The summed E-state index contributed by atoms with van der Waals surface area (Å²) in [7, 11) is 0. The standard InChI is InChI=1S/C9H13NO.ClH/c1-6-3-8(11)4-7(2)9(6)5-10;/h3-4,11H,5,10H2,1-2H3;1H. The average Bonchev–Trinajstić information content (AvgIpc) is 1.85. The molecule has 0 fully saturated rings. The maximum atomic E-state index is 9.17. The Bertz CT molecular complexity index is 250. The Hall–Kier alpha value is -0.730. The van der Waals surface area contributed by atoms with Crippen LogP contribution in [0, 0.1) is 13.8 Å². The van der Waals surface area contributed by atoms with Crippen LogP contribution in [0.25, 0.3) is 0 Å². The molecular weight excluding hydrogens is 174 g/mol. The minimum absolute atomic E-state index is 0. The lowest BCUT2D eigenvalue weighted by molar-refractivity contribution is 0.474. The molecule has 12 heavy (non-hydrogen) atoms. The molecule has 0 amide bonds. The minimum atomic E-state index is 0. The van der Waals surface area contributed by atoms with Crippen LogP contribution >= 0.6 is 12.4 Å². The van der Waals surface area contributed by atoms with Crippen molar-refractivity contribution >= 4 is 12.4 Å². The minimum Gasteiger partial charge on any atom is -0.508 e. The van der Waals surface area contributed by atoms with Gasteiger partial charge in [-0.3, -0.25) is 0 Å². The summed E-state index contributed by atoms with van der Waals surface area (Å²) in [6.07, 6.45) is 0. The second-order valence-corrected chi connectivity index (χ2v) is 2.76. The highest BCUT2D eigenvalue weighted by atomic mass is 35.5.